The number of nitrogen functional groups attached to an aromatic ring is 2. The fourth-order valence-electron chi connectivity index (χ4n) is 2.19. The lowest BCUT2D eigenvalue weighted by Crippen LogP contribution is -2.02. The number of aromatic amines is 1. The number of nitrogens with zero attached hydrogens (tertiary/aromatic N) is 3. The molecule has 2 aromatic rings. The average Bonchev–Trinajstić information content (AvgIpc) is 2.73. The summed E-state index contributed by atoms with van der Waals surface area (Å²) < 4.78 is 0. The van der Waals surface area contributed by atoms with Gasteiger partial charge < -0.3 is 11.5 Å². The Hall–Kier alpha value is -1.85. The third kappa shape index (κ3) is 2.37. The Labute approximate surface area is 106 Å². The van der Waals surface area contributed by atoms with E-state index in [9.17, 15) is 0 Å². The van der Waals surface area contributed by atoms with Gasteiger partial charge in [0, 0.05) is 0 Å². The Kier molecular flexibility index (Phi) is 3.64. The summed E-state index contributed by atoms with van der Waals surface area (Å²) in [6.45, 7) is 4.36. The molecule has 0 fully saturated rings. The zero-order chi connectivity index (χ0) is 13.1. The van der Waals surface area contributed by atoms with E-state index in [1.165, 1.54) is 19.3 Å². The first-order chi connectivity index (χ1) is 8.63. The third-order valence-corrected chi connectivity index (χ3v) is 3.22. The van der Waals surface area contributed by atoms with E-state index in [1.54, 1.807) is 0 Å². The molecule has 1 unspecified atom stereocenters. The van der Waals surface area contributed by atoms with Crippen molar-refractivity contribution in [1.82, 2.24) is 20.2 Å². The van der Waals surface area contributed by atoms with Crippen molar-refractivity contribution in [2.75, 3.05) is 11.5 Å². The highest BCUT2D eigenvalue weighted by molar-refractivity contribution is 5.89. The van der Waals surface area contributed by atoms with Crippen LogP contribution in [0.15, 0.2) is 0 Å². The number of fused-ring (bicyclic) bond motifs is 1. The number of anilines is 2. The fraction of sp³-hybridized carbons (Fsp3) is 0.583. The van der Waals surface area contributed by atoms with Gasteiger partial charge in [0.05, 0.1) is 11.1 Å². The van der Waals surface area contributed by atoms with E-state index in [0.29, 0.717) is 17.4 Å². The van der Waals surface area contributed by atoms with Crippen LogP contribution in [0.1, 0.15) is 51.1 Å². The molecule has 0 aliphatic carbocycles. The minimum atomic E-state index is 0.164. The maximum Gasteiger partial charge on any atom is 0.224 e. The molecule has 0 aliphatic rings. The highest BCUT2D eigenvalue weighted by atomic mass is 15.2. The molecule has 0 aliphatic heterocycles. The lowest BCUT2D eigenvalue weighted by atomic mass is 9.98. The molecule has 0 saturated heterocycles. The molecule has 1 atom stereocenters. The highest BCUT2D eigenvalue weighted by Gasteiger charge is 2.16. The molecule has 0 bridgehead atoms. The second-order valence-electron chi connectivity index (χ2n) is 4.70. The van der Waals surface area contributed by atoms with Crippen molar-refractivity contribution in [3.8, 4) is 0 Å². The summed E-state index contributed by atoms with van der Waals surface area (Å²) in [6, 6.07) is 0. The molecule has 0 amide bonds. The van der Waals surface area contributed by atoms with Crippen LogP contribution in [0.5, 0.6) is 0 Å². The van der Waals surface area contributed by atoms with Crippen molar-refractivity contribution < 1.29 is 0 Å². The molecule has 5 N–H and O–H groups in total. The molecule has 6 nitrogen and oxygen atoms in total. The van der Waals surface area contributed by atoms with Gasteiger partial charge in [-0.15, -0.1) is 0 Å². The molecule has 2 heterocycles. The standard InChI is InChI=1S/C12H20N6/c1-3-4-5-6-7(2)9-8-10(13)15-12(14)16-11(8)18-17-9/h7H,3-6H2,1-2H3,(H5,13,14,15,16,17,18). The molecular formula is C12H20N6. The van der Waals surface area contributed by atoms with Crippen LogP contribution in [0.25, 0.3) is 11.0 Å². The van der Waals surface area contributed by atoms with Gasteiger partial charge in [-0.2, -0.15) is 15.1 Å². The lowest BCUT2D eigenvalue weighted by Gasteiger charge is -2.09. The Morgan fingerprint density at radius 1 is 1.22 bits per heavy atom. The quantitative estimate of drug-likeness (QED) is 0.703. The van der Waals surface area contributed by atoms with E-state index >= 15 is 0 Å². The van der Waals surface area contributed by atoms with Crippen LogP contribution in [0, 0.1) is 0 Å². The largest absolute Gasteiger partial charge is 0.383 e. The van der Waals surface area contributed by atoms with Crippen molar-refractivity contribution in [2.24, 2.45) is 0 Å². The molecular weight excluding hydrogens is 228 g/mol. The highest BCUT2D eigenvalue weighted by Crippen LogP contribution is 2.29. The van der Waals surface area contributed by atoms with E-state index in [0.717, 1.165) is 17.5 Å². The number of rotatable bonds is 5. The second kappa shape index (κ2) is 5.20. The van der Waals surface area contributed by atoms with Crippen LogP contribution in [-0.2, 0) is 0 Å². The van der Waals surface area contributed by atoms with Crippen molar-refractivity contribution >= 4 is 22.8 Å². The molecule has 0 aromatic carbocycles. The van der Waals surface area contributed by atoms with Crippen LogP contribution in [0.4, 0.5) is 11.8 Å². The lowest BCUT2D eigenvalue weighted by molar-refractivity contribution is 0.589. The summed E-state index contributed by atoms with van der Waals surface area (Å²) >= 11 is 0. The minimum absolute atomic E-state index is 0.164. The zero-order valence-electron chi connectivity index (χ0n) is 10.9. The van der Waals surface area contributed by atoms with Gasteiger partial charge in [0.25, 0.3) is 0 Å². The summed E-state index contributed by atoms with van der Waals surface area (Å²) in [6.07, 6.45) is 4.77. The summed E-state index contributed by atoms with van der Waals surface area (Å²) in [5, 5.41) is 7.99. The number of hydrogen-bond acceptors (Lipinski definition) is 5. The van der Waals surface area contributed by atoms with Gasteiger partial charge >= 0.3 is 0 Å². The van der Waals surface area contributed by atoms with Crippen molar-refractivity contribution in [1.29, 1.82) is 0 Å². The monoisotopic (exact) mass is 248 g/mol. The van der Waals surface area contributed by atoms with Crippen LogP contribution in [0.2, 0.25) is 0 Å². The molecule has 0 saturated carbocycles. The van der Waals surface area contributed by atoms with Crippen LogP contribution in [0.3, 0.4) is 0 Å². The molecule has 0 radical (unpaired) electrons. The number of unbranched alkanes of at least 4 members (excludes halogenated alkanes) is 2. The first kappa shape index (κ1) is 12.6. The van der Waals surface area contributed by atoms with Crippen molar-refractivity contribution in [3.63, 3.8) is 0 Å². The van der Waals surface area contributed by atoms with E-state index in [4.69, 9.17) is 11.5 Å². The second-order valence-corrected chi connectivity index (χ2v) is 4.70. The summed E-state index contributed by atoms with van der Waals surface area (Å²) in [5.41, 5.74) is 13.0. The van der Waals surface area contributed by atoms with Gasteiger partial charge in [0.1, 0.15) is 5.82 Å². The Morgan fingerprint density at radius 2 is 2.00 bits per heavy atom. The van der Waals surface area contributed by atoms with Gasteiger partial charge in [0.15, 0.2) is 5.65 Å². The maximum atomic E-state index is 5.90. The van der Waals surface area contributed by atoms with E-state index in [2.05, 4.69) is 34.0 Å². The molecule has 0 spiro atoms. The van der Waals surface area contributed by atoms with E-state index < -0.39 is 0 Å². The third-order valence-electron chi connectivity index (χ3n) is 3.22. The first-order valence-electron chi connectivity index (χ1n) is 6.40. The van der Waals surface area contributed by atoms with Gasteiger partial charge in [0.2, 0.25) is 5.95 Å². The van der Waals surface area contributed by atoms with Crippen LogP contribution in [-0.4, -0.2) is 20.2 Å². The Bertz CT molecular complexity index is 533. The normalized spacial score (nSPS) is 13.0. The van der Waals surface area contributed by atoms with Crippen molar-refractivity contribution in [3.05, 3.63) is 5.69 Å². The van der Waals surface area contributed by atoms with Gasteiger partial charge in [-0.05, 0) is 12.3 Å². The summed E-state index contributed by atoms with van der Waals surface area (Å²) in [5.74, 6) is 0.941. The maximum absolute atomic E-state index is 5.90. The minimum Gasteiger partial charge on any atom is -0.383 e. The molecule has 2 rings (SSSR count). The van der Waals surface area contributed by atoms with Gasteiger partial charge in [-0.25, -0.2) is 0 Å². The molecule has 98 valence electrons. The smallest absolute Gasteiger partial charge is 0.224 e. The topological polar surface area (TPSA) is 106 Å². The Balaban J connectivity index is 2.28. The fourth-order valence-corrected chi connectivity index (χ4v) is 2.19. The van der Waals surface area contributed by atoms with Gasteiger partial charge in [-0.1, -0.05) is 33.1 Å². The van der Waals surface area contributed by atoms with Crippen LogP contribution >= 0.6 is 0 Å². The summed E-state index contributed by atoms with van der Waals surface area (Å²) in [4.78, 5) is 8.08. The Morgan fingerprint density at radius 3 is 2.72 bits per heavy atom. The number of nitrogens with one attached hydrogen (secondary N) is 1. The zero-order valence-corrected chi connectivity index (χ0v) is 10.9. The number of nitrogens with two attached hydrogens (primary N) is 2. The van der Waals surface area contributed by atoms with Crippen molar-refractivity contribution in [2.45, 2.75) is 45.4 Å². The SMILES string of the molecule is CCCCCC(C)c1[nH]nc2nc(N)nc(N)c12. The molecule has 2 aromatic heterocycles. The van der Waals surface area contributed by atoms with Gasteiger partial charge in [-0.3, -0.25) is 5.10 Å². The molecule has 18 heavy (non-hydrogen) atoms. The number of H-pyrrole nitrogens is 1. The first-order valence-corrected chi connectivity index (χ1v) is 6.40. The predicted molar refractivity (Wildman–Crippen MR) is 73.1 cm³/mol. The van der Waals surface area contributed by atoms with Crippen LogP contribution < -0.4 is 11.5 Å². The predicted octanol–water partition coefficient (Wildman–Crippen LogP) is 2.20. The summed E-state index contributed by atoms with van der Waals surface area (Å²) in [7, 11) is 0. The molecule has 6 heteroatoms. The number of aromatic nitrogens is 4. The number of hydrogen-bond donors (Lipinski definition) is 3. The van der Waals surface area contributed by atoms with E-state index in [1.807, 2.05) is 0 Å². The average molecular weight is 248 g/mol. The van der Waals surface area contributed by atoms with E-state index in [-0.39, 0.29) is 5.95 Å².